The van der Waals surface area contributed by atoms with E-state index in [1.165, 1.54) is 65.9 Å². The molecule has 8 nitrogen and oxygen atoms in total. The SMILES string of the molecule is Brc1cc(Br)cc(Br)c1.CCC1(COCCCCCCOCc2ccc(Br)cc2)COC1.CCCCC(CC)Cn1c2ccc(B3OC(C)(C)C(C)(C)O3)cc2c2cc(B3OC(C)(C)C(C)(C)O3)ccc21. The quantitative estimate of drug-likeness (QED) is 0.0568. The number of ether oxygens (including phenoxy) is 3. The fourth-order valence-corrected chi connectivity index (χ4v) is 11.6. The van der Waals surface area contributed by atoms with Crippen molar-refractivity contribution in [1.29, 1.82) is 0 Å². The van der Waals surface area contributed by atoms with Crippen LogP contribution in [0.3, 0.4) is 0 Å². The van der Waals surface area contributed by atoms with Gasteiger partial charge in [0.25, 0.3) is 0 Å². The van der Waals surface area contributed by atoms with Crippen molar-refractivity contribution < 1.29 is 32.8 Å². The standard InChI is InChI=1S/C32H47B2NO4.C19H29BrO3.C6H3Br3/c1-11-13-14-22(12-2)21-35-27-17-15-23(33-36-29(3,4)30(5,6)37-33)19-25(27)26-20-24(16-18-28(26)35)34-38-31(7,8)32(9,10)39-34;1-2-19(15-23-16-19)14-22-12-6-4-3-5-11-21-13-17-7-9-18(20)10-8-17;7-4-1-5(8)3-6(9)2-4/h15-20,22H,11-14,21H2,1-10H3;7-10H,2-6,11-16H2,1H3;1-3H. The highest BCUT2D eigenvalue weighted by atomic mass is 79.9. The van der Waals surface area contributed by atoms with E-state index in [0.29, 0.717) is 17.9 Å². The maximum Gasteiger partial charge on any atom is 0.494 e. The molecule has 3 saturated heterocycles. The summed E-state index contributed by atoms with van der Waals surface area (Å²) in [4.78, 5) is 0. The average molecular weight is 1230 g/mol. The second kappa shape index (κ2) is 26.0. The van der Waals surface area contributed by atoms with Gasteiger partial charge in [0.15, 0.2) is 0 Å². The molecular weight excluding hydrogens is 1150 g/mol. The van der Waals surface area contributed by atoms with Crippen LogP contribution in [0.25, 0.3) is 21.8 Å². The maximum absolute atomic E-state index is 6.43. The lowest BCUT2D eigenvalue weighted by Crippen LogP contribution is -2.45. The minimum atomic E-state index is -0.392. The Morgan fingerprint density at radius 1 is 0.563 bits per heavy atom. The first kappa shape index (κ1) is 58.7. The molecule has 0 saturated carbocycles. The first-order chi connectivity index (χ1) is 33.6. The van der Waals surface area contributed by atoms with Crippen LogP contribution in [0.4, 0.5) is 0 Å². The molecule has 1 atom stereocenters. The second-order valence-corrected chi connectivity index (χ2v) is 25.5. The molecule has 14 heteroatoms. The van der Waals surface area contributed by atoms with E-state index in [2.05, 4.69) is 205 Å². The Morgan fingerprint density at radius 3 is 1.44 bits per heavy atom. The molecule has 1 aromatic heterocycles. The van der Waals surface area contributed by atoms with E-state index in [1.807, 2.05) is 18.2 Å². The van der Waals surface area contributed by atoms with Gasteiger partial charge in [-0.05, 0) is 146 Å². The largest absolute Gasteiger partial charge is 0.494 e. The Labute approximate surface area is 460 Å². The molecule has 8 rings (SSSR count). The molecule has 5 aromatic rings. The van der Waals surface area contributed by atoms with Gasteiger partial charge in [0.1, 0.15) is 0 Å². The van der Waals surface area contributed by atoms with Gasteiger partial charge >= 0.3 is 14.2 Å². The smallest absolute Gasteiger partial charge is 0.399 e. The molecule has 4 aromatic carbocycles. The number of hydrogen-bond acceptors (Lipinski definition) is 7. The molecule has 0 bridgehead atoms. The Bertz CT molecular complexity index is 2290. The van der Waals surface area contributed by atoms with E-state index in [1.54, 1.807) is 0 Å². The minimum absolute atomic E-state index is 0.320. The van der Waals surface area contributed by atoms with Gasteiger partial charge in [0.05, 0.1) is 48.8 Å². The zero-order valence-corrected chi connectivity index (χ0v) is 50.7. The van der Waals surface area contributed by atoms with E-state index in [-0.39, 0.29) is 22.4 Å². The van der Waals surface area contributed by atoms with Crippen LogP contribution in [-0.2, 0) is 46.0 Å². The lowest BCUT2D eigenvalue weighted by atomic mass is 9.77. The van der Waals surface area contributed by atoms with Crippen molar-refractivity contribution in [2.75, 3.05) is 33.0 Å². The summed E-state index contributed by atoms with van der Waals surface area (Å²) in [5.74, 6) is 0.647. The number of unbranched alkanes of at least 4 members (excludes halogenated alkanes) is 4. The normalized spacial score (nSPS) is 18.7. The van der Waals surface area contributed by atoms with Gasteiger partial charge in [-0.25, -0.2) is 0 Å². The summed E-state index contributed by atoms with van der Waals surface area (Å²) in [6, 6.07) is 27.7. The summed E-state index contributed by atoms with van der Waals surface area (Å²) in [5.41, 5.74) is 4.66. The van der Waals surface area contributed by atoms with Crippen molar-refractivity contribution in [3.63, 3.8) is 0 Å². The van der Waals surface area contributed by atoms with Gasteiger partial charge in [-0.1, -0.05) is 153 Å². The Hall–Kier alpha value is -1.55. The van der Waals surface area contributed by atoms with Crippen LogP contribution in [-0.4, -0.2) is 74.2 Å². The molecule has 1 unspecified atom stereocenters. The van der Waals surface area contributed by atoms with Crippen molar-refractivity contribution in [2.24, 2.45) is 11.3 Å². The highest BCUT2D eigenvalue weighted by Crippen LogP contribution is 2.39. The van der Waals surface area contributed by atoms with Gasteiger partial charge in [-0.15, -0.1) is 0 Å². The van der Waals surface area contributed by atoms with Gasteiger partial charge in [0.2, 0.25) is 0 Å². The first-order valence-corrected chi connectivity index (χ1v) is 29.2. The van der Waals surface area contributed by atoms with E-state index >= 15 is 0 Å². The van der Waals surface area contributed by atoms with Gasteiger partial charge in [-0.2, -0.15) is 0 Å². The molecule has 3 aliphatic rings. The van der Waals surface area contributed by atoms with Gasteiger partial charge in [-0.3, -0.25) is 0 Å². The van der Waals surface area contributed by atoms with Crippen LogP contribution in [0.1, 0.15) is 140 Å². The van der Waals surface area contributed by atoms with Crippen molar-refractivity contribution >= 4 is 111 Å². The molecular formula is C57H79B2Br4NO7. The summed E-state index contributed by atoms with van der Waals surface area (Å²) in [5, 5.41) is 2.45. The second-order valence-electron chi connectivity index (χ2n) is 21.8. The molecule has 0 radical (unpaired) electrons. The number of aromatic nitrogens is 1. The van der Waals surface area contributed by atoms with Crippen LogP contribution in [0.15, 0.2) is 96.8 Å². The summed E-state index contributed by atoms with van der Waals surface area (Å²) >= 11 is 13.5. The van der Waals surface area contributed by atoms with E-state index in [9.17, 15) is 0 Å². The molecule has 3 fully saturated rings. The monoisotopic (exact) mass is 1230 g/mol. The summed E-state index contributed by atoms with van der Waals surface area (Å²) in [6.07, 6.45) is 10.8. The fourth-order valence-electron chi connectivity index (χ4n) is 8.88. The van der Waals surface area contributed by atoms with E-state index in [4.69, 9.17) is 32.8 Å². The number of rotatable bonds is 20. The van der Waals surface area contributed by atoms with Crippen molar-refractivity contribution in [3.8, 4) is 0 Å². The fraction of sp³-hybridized carbons (Fsp3) is 0.579. The van der Waals surface area contributed by atoms with Gasteiger partial charge in [0, 0.05) is 64.9 Å². The minimum Gasteiger partial charge on any atom is -0.399 e. The maximum atomic E-state index is 6.43. The molecule has 3 aliphatic heterocycles. The Kier molecular flexibility index (Phi) is 21.5. The predicted molar refractivity (Wildman–Crippen MR) is 310 cm³/mol. The predicted octanol–water partition coefficient (Wildman–Crippen LogP) is 15.6. The molecule has 0 spiro atoms. The molecule has 0 N–H and O–H groups in total. The highest BCUT2D eigenvalue weighted by molar-refractivity contribution is 9.11. The Balaban J connectivity index is 0.000000216. The van der Waals surface area contributed by atoms with Crippen molar-refractivity contribution in [2.45, 2.75) is 170 Å². The summed E-state index contributed by atoms with van der Waals surface area (Å²) in [7, 11) is -0.783. The molecule has 0 amide bonds. The number of halogens is 4. The lowest BCUT2D eigenvalue weighted by molar-refractivity contribution is -0.150. The van der Waals surface area contributed by atoms with E-state index in [0.717, 1.165) is 87.7 Å². The highest BCUT2D eigenvalue weighted by Gasteiger charge is 2.53. The summed E-state index contributed by atoms with van der Waals surface area (Å²) < 4.78 is 49.4. The van der Waals surface area contributed by atoms with Crippen LogP contribution in [0.2, 0.25) is 0 Å². The summed E-state index contributed by atoms with van der Waals surface area (Å²) in [6.45, 7) is 29.7. The van der Waals surface area contributed by atoms with Crippen molar-refractivity contribution in [1.82, 2.24) is 4.57 Å². The lowest BCUT2D eigenvalue weighted by Gasteiger charge is -2.40. The van der Waals surface area contributed by atoms with E-state index < -0.39 is 14.2 Å². The molecule has 388 valence electrons. The number of hydrogen-bond donors (Lipinski definition) is 0. The number of nitrogens with zero attached hydrogens (tertiary/aromatic N) is 1. The average Bonchev–Trinajstić information content (AvgIpc) is 3.82. The van der Waals surface area contributed by atoms with Crippen LogP contribution < -0.4 is 10.9 Å². The zero-order valence-electron chi connectivity index (χ0n) is 44.4. The number of fused-ring (bicyclic) bond motifs is 3. The molecule has 71 heavy (non-hydrogen) atoms. The zero-order chi connectivity index (χ0) is 51.6. The first-order valence-electron chi connectivity index (χ1n) is 26.0. The Morgan fingerprint density at radius 2 is 1.03 bits per heavy atom. The number of benzene rings is 4. The third-order valence-electron chi connectivity index (χ3n) is 15.3. The third kappa shape index (κ3) is 15.5. The van der Waals surface area contributed by atoms with Crippen LogP contribution in [0.5, 0.6) is 0 Å². The third-order valence-corrected chi connectivity index (χ3v) is 17.2. The van der Waals surface area contributed by atoms with Gasteiger partial charge < -0.3 is 37.4 Å². The van der Waals surface area contributed by atoms with Crippen LogP contribution in [0, 0.1) is 11.3 Å². The van der Waals surface area contributed by atoms with Crippen molar-refractivity contribution in [3.05, 3.63) is 102 Å². The topological polar surface area (TPSA) is 69.5 Å². The van der Waals surface area contributed by atoms with Crippen LogP contribution >= 0.6 is 63.7 Å². The molecule has 4 heterocycles. The molecule has 0 aliphatic carbocycles.